The topological polar surface area (TPSA) is 102 Å². The molecule has 0 unspecified atom stereocenters. The first-order valence-corrected chi connectivity index (χ1v) is 22.2. The Kier molecular flexibility index (Phi) is 37.8. The molecular weight excluding hydrogens is 659 g/mol. The van der Waals surface area contributed by atoms with E-state index in [0.29, 0.717) is 6.42 Å². The smallest absolute Gasteiger partial charge is 0.469 e. The summed E-state index contributed by atoms with van der Waals surface area (Å²) in [7, 11) is -4.69. The molecular formula is C43H77O7P. The maximum atomic E-state index is 12.4. The van der Waals surface area contributed by atoms with E-state index in [0.717, 1.165) is 38.5 Å². The Morgan fingerprint density at radius 3 is 1.41 bits per heavy atom. The highest BCUT2D eigenvalue weighted by atomic mass is 31.2. The molecule has 0 aliphatic carbocycles. The number of phosphoric acid groups is 1. The van der Waals surface area contributed by atoms with Crippen molar-refractivity contribution in [3.63, 3.8) is 0 Å². The van der Waals surface area contributed by atoms with E-state index in [2.05, 4.69) is 67.0 Å². The van der Waals surface area contributed by atoms with Gasteiger partial charge in [-0.25, -0.2) is 4.57 Å². The van der Waals surface area contributed by atoms with Gasteiger partial charge >= 0.3 is 13.8 Å². The van der Waals surface area contributed by atoms with Gasteiger partial charge in [-0.05, 0) is 63.9 Å². The predicted molar refractivity (Wildman–Crippen MR) is 216 cm³/mol. The summed E-state index contributed by atoms with van der Waals surface area (Å²) in [5.41, 5.74) is 0. The van der Waals surface area contributed by atoms with Crippen molar-refractivity contribution in [2.24, 2.45) is 0 Å². The SMILES string of the molecule is CCCCC/C=C\C/C=C\C/C=C\C/C=C\CCCC(=O)O[C@H](CO/C=C\CCCCCCCCCCCCCCCCCC)COP(=O)(O)O. The number of carbonyl (C=O) groups excluding carboxylic acids is 1. The fourth-order valence-electron chi connectivity index (χ4n) is 5.58. The number of rotatable bonds is 38. The third-order valence-corrected chi connectivity index (χ3v) is 9.12. The van der Waals surface area contributed by atoms with Gasteiger partial charge in [0.15, 0.2) is 6.10 Å². The number of hydrogen-bond acceptors (Lipinski definition) is 5. The molecule has 1 atom stereocenters. The molecule has 8 heteroatoms. The molecule has 0 saturated heterocycles. The Hall–Kier alpha value is -1.92. The Morgan fingerprint density at radius 1 is 0.529 bits per heavy atom. The maximum Gasteiger partial charge on any atom is 0.469 e. The second-order valence-corrected chi connectivity index (χ2v) is 14.9. The lowest BCUT2D eigenvalue weighted by Gasteiger charge is -2.17. The zero-order chi connectivity index (χ0) is 37.4. The van der Waals surface area contributed by atoms with Crippen molar-refractivity contribution >= 4 is 13.8 Å². The molecule has 51 heavy (non-hydrogen) atoms. The Bertz CT molecular complexity index is 950. The van der Waals surface area contributed by atoms with E-state index in [1.165, 1.54) is 122 Å². The summed E-state index contributed by atoms with van der Waals surface area (Å²) >= 11 is 0. The molecule has 0 bridgehead atoms. The Morgan fingerprint density at radius 2 is 0.922 bits per heavy atom. The molecule has 0 aliphatic rings. The molecule has 296 valence electrons. The molecule has 7 nitrogen and oxygen atoms in total. The number of hydrogen-bond donors (Lipinski definition) is 2. The van der Waals surface area contributed by atoms with Gasteiger partial charge in [-0.3, -0.25) is 9.32 Å². The number of unbranched alkanes of at least 4 members (excludes halogenated alkanes) is 20. The first kappa shape index (κ1) is 49.1. The summed E-state index contributed by atoms with van der Waals surface area (Å²) in [4.78, 5) is 30.5. The largest absolute Gasteiger partial charge is 0.498 e. The number of phosphoric ester groups is 1. The summed E-state index contributed by atoms with van der Waals surface area (Å²) in [6.07, 6.45) is 51.7. The van der Waals surface area contributed by atoms with Crippen molar-refractivity contribution < 1.29 is 33.1 Å². The minimum absolute atomic E-state index is 0.0294. The van der Waals surface area contributed by atoms with Gasteiger partial charge in [0, 0.05) is 6.42 Å². The molecule has 0 aromatic rings. The van der Waals surface area contributed by atoms with Gasteiger partial charge in [-0.1, -0.05) is 172 Å². The first-order valence-electron chi connectivity index (χ1n) is 20.6. The van der Waals surface area contributed by atoms with E-state index in [1.54, 1.807) is 6.26 Å². The summed E-state index contributed by atoms with van der Waals surface area (Å²) in [6.45, 7) is 4.04. The van der Waals surface area contributed by atoms with Crippen LogP contribution in [0.15, 0.2) is 60.9 Å². The van der Waals surface area contributed by atoms with Crippen molar-refractivity contribution in [3.8, 4) is 0 Å². The fourth-order valence-corrected chi connectivity index (χ4v) is 5.94. The third-order valence-electron chi connectivity index (χ3n) is 8.63. The van der Waals surface area contributed by atoms with E-state index < -0.39 is 26.5 Å². The zero-order valence-electron chi connectivity index (χ0n) is 32.7. The van der Waals surface area contributed by atoms with Crippen LogP contribution in [0.2, 0.25) is 0 Å². The normalized spacial score (nSPS) is 13.2. The Labute approximate surface area is 313 Å². The highest BCUT2D eigenvalue weighted by Gasteiger charge is 2.21. The second-order valence-electron chi connectivity index (χ2n) is 13.7. The molecule has 0 amide bonds. The van der Waals surface area contributed by atoms with Crippen molar-refractivity contribution in [1.29, 1.82) is 0 Å². The van der Waals surface area contributed by atoms with Crippen LogP contribution < -0.4 is 0 Å². The van der Waals surface area contributed by atoms with E-state index in [9.17, 15) is 9.36 Å². The van der Waals surface area contributed by atoms with Crippen molar-refractivity contribution in [3.05, 3.63) is 60.9 Å². The molecule has 0 radical (unpaired) electrons. The first-order chi connectivity index (χ1) is 24.9. The minimum atomic E-state index is -4.69. The van der Waals surface area contributed by atoms with Crippen LogP contribution in [0.5, 0.6) is 0 Å². The van der Waals surface area contributed by atoms with E-state index in [4.69, 9.17) is 19.3 Å². The van der Waals surface area contributed by atoms with Gasteiger partial charge in [0.05, 0.1) is 12.9 Å². The molecule has 0 aromatic carbocycles. The quantitative estimate of drug-likeness (QED) is 0.0214. The van der Waals surface area contributed by atoms with Gasteiger partial charge in [-0.15, -0.1) is 0 Å². The van der Waals surface area contributed by atoms with Gasteiger partial charge in [0.25, 0.3) is 0 Å². The monoisotopic (exact) mass is 737 g/mol. The lowest BCUT2D eigenvalue weighted by atomic mass is 10.0. The summed E-state index contributed by atoms with van der Waals surface area (Å²) in [5, 5.41) is 0. The summed E-state index contributed by atoms with van der Waals surface area (Å²) < 4.78 is 26.7. The second kappa shape index (κ2) is 39.3. The molecule has 0 fully saturated rings. The lowest BCUT2D eigenvalue weighted by Crippen LogP contribution is -2.27. The number of esters is 1. The molecule has 0 saturated carbocycles. The predicted octanol–water partition coefficient (Wildman–Crippen LogP) is 13.3. The van der Waals surface area contributed by atoms with E-state index >= 15 is 0 Å². The van der Waals surface area contributed by atoms with E-state index in [-0.39, 0.29) is 13.0 Å². The molecule has 0 heterocycles. The van der Waals surface area contributed by atoms with Gasteiger partial charge < -0.3 is 19.3 Å². The average Bonchev–Trinajstić information content (AvgIpc) is 3.10. The average molecular weight is 737 g/mol. The molecule has 0 spiro atoms. The number of ether oxygens (including phenoxy) is 2. The third kappa shape index (κ3) is 42.4. The van der Waals surface area contributed by atoms with Crippen LogP contribution in [0.4, 0.5) is 0 Å². The van der Waals surface area contributed by atoms with Gasteiger partial charge in [0.2, 0.25) is 0 Å². The lowest BCUT2D eigenvalue weighted by molar-refractivity contribution is -0.153. The molecule has 0 rings (SSSR count). The van der Waals surface area contributed by atoms with Crippen molar-refractivity contribution in [2.75, 3.05) is 13.2 Å². The Balaban J connectivity index is 3.95. The van der Waals surface area contributed by atoms with Crippen LogP contribution >= 0.6 is 7.82 Å². The van der Waals surface area contributed by atoms with Crippen molar-refractivity contribution in [2.45, 2.75) is 193 Å². The van der Waals surface area contributed by atoms with Gasteiger partial charge in [0.1, 0.15) is 6.61 Å². The summed E-state index contributed by atoms with van der Waals surface area (Å²) in [5.74, 6) is -0.439. The van der Waals surface area contributed by atoms with Crippen LogP contribution in [0.1, 0.15) is 187 Å². The van der Waals surface area contributed by atoms with Gasteiger partial charge in [-0.2, -0.15) is 0 Å². The maximum absolute atomic E-state index is 12.4. The molecule has 2 N–H and O–H groups in total. The molecule has 0 aliphatic heterocycles. The van der Waals surface area contributed by atoms with Crippen LogP contribution in [-0.4, -0.2) is 35.1 Å². The van der Waals surface area contributed by atoms with Crippen LogP contribution in [0.3, 0.4) is 0 Å². The van der Waals surface area contributed by atoms with Crippen LogP contribution in [0.25, 0.3) is 0 Å². The zero-order valence-corrected chi connectivity index (χ0v) is 33.6. The fraction of sp³-hybridized carbons (Fsp3) is 0.744. The van der Waals surface area contributed by atoms with Crippen LogP contribution in [-0.2, 0) is 23.4 Å². The number of allylic oxidation sites excluding steroid dienone is 9. The van der Waals surface area contributed by atoms with E-state index in [1.807, 2.05) is 6.08 Å². The molecule has 0 aromatic heterocycles. The number of carbonyl (C=O) groups is 1. The minimum Gasteiger partial charge on any atom is -0.498 e. The standard InChI is InChI=1S/C43H77O7P/c1-3-5-7-9-11-13-15-17-19-21-23-25-27-29-31-33-35-37-39-48-40-42(41-49-51(45,46)47)50-43(44)38-36-34-32-30-28-26-24-22-20-18-16-14-12-10-8-6-4-2/h12,14,18,20,24,26,30,32,37,39,42H,3-11,13,15-17,19,21-23,25,27-29,31,33-36,38,40-41H2,1-2H3,(H2,45,46,47)/b14-12-,20-18-,26-24-,32-30-,39-37-/t42-/m1/s1. The summed E-state index contributed by atoms with van der Waals surface area (Å²) in [6, 6.07) is 0. The highest BCUT2D eigenvalue weighted by Crippen LogP contribution is 2.35. The van der Waals surface area contributed by atoms with Crippen molar-refractivity contribution in [1.82, 2.24) is 0 Å². The van der Waals surface area contributed by atoms with Crippen LogP contribution in [0, 0.1) is 0 Å². The highest BCUT2D eigenvalue weighted by molar-refractivity contribution is 7.46.